The van der Waals surface area contributed by atoms with Crippen LogP contribution in [0.4, 0.5) is 20.2 Å². The normalized spacial score (nSPS) is 13.6. The van der Waals surface area contributed by atoms with Crippen molar-refractivity contribution in [1.29, 1.82) is 0 Å². The zero-order chi connectivity index (χ0) is 31.9. The molecular weight excluding hydrogens is 582 g/mol. The maximum atomic E-state index is 13.5. The molecule has 5 rings (SSSR count). The molecule has 0 aliphatic carbocycles. The molecule has 0 aromatic heterocycles. The molecule has 3 amide bonds. The zero-order valence-corrected chi connectivity index (χ0v) is 24.1. The highest BCUT2D eigenvalue weighted by molar-refractivity contribution is 6.07. The Morgan fingerprint density at radius 3 is 1.93 bits per heavy atom. The summed E-state index contributed by atoms with van der Waals surface area (Å²) in [5.74, 6) is -3.36. The summed E-state index contributed by atoms with van der Waals surface area (Å²) in [6.45, 7) is 1.76. The van der Waals surface area contributed by atoms with Crippen LogP contribution in [-0.2, 0) is 4.79 Å². The Labute approximate surface area is 258 Å². The topological polar surface area (TPSA) is 119 Å². The van der Waals surface area contributed by atoms with Crippen LogP contribution in [-0.4, -0.2) is 59.9 Å². The lowest BCUT2D eigenvalue weighted by molar-refractivity contribution is -0.137. The summed E-state index contributed by atoms with van der Waals surface area (Å²) < 4.78 is 27.0. The molecule has 9 nitrogen and oxygen atoms in total. The van der Waals surface area contributed by atoms with Crippen LogP contribution in [0.1, 0.15) is 49.1 Å². The number of carboxylic acid groups (broad SMARTS) is 1. The van der Waals surface area contributed by atoms with Crippen LogP contribution in [0.15, 0.2) is 97.1 Å². The van der Waals surface area contributed by atoms with Gasteiger partial charge in [-0.15, -0.1) is 0 Å². The Balaban J connectivity index is 1.39. The monoisotopic (exact) mass is 612 g/mol. The average Bonchev–Trinajstić information content (AvgIpc) is 3.05. The van der Waals surface area contributed by atoms with Gasteiger partial charge in [-0.2, -0.15) is 0 Å². The summed E-state index contributed by atoms with van der Waals surface area (Å²) in [5.41, 5.74) is 2.26. The highest BCUT2D eigenvalue weighted by atomic mass is 19.1. The van der Waals surface area contributed by atoms with Crippen LogP contribution in [0, 0.1) is 11.6 Å². The van der Waals surface area contributed by atoms with Gasteiger partial charge in [-0.05, 0) is 72.3 Å². The van der Waals surface area contributed by atoms with Crippen LogP contribution in [0.25, 0.3) is 0 Å². The van der Waals surface area contributed by atoms with E-state index in [1.165, 1.54) is 54.6 Å². The minimum atomic E-state index is -1.16. The van der Waals surface area contributed by atoms with Gasteiger partial charge in [0.2, 0.25) is 0 Å². The van der Waals surface area contributed by atoms with E-state index in [-0.39, 0.29) is 17.0 Å². The molecule has 0 saturated carbocycles. The van der Waals surface area contributed by atoms with Crippen LogP contribution >= 0.6 is 0 Å². The van der Waals surface area contributed by atoms with Gasteiger partial charge in [0.1, 0.15) is 11.6 Å². The number of amides is 3. The molecule has 1 unspecified atom stereocenters. The molecule has 0 bridgehead atoms. The third-order valence-corrected chi connectivity index (χ3v) is 7.50. The van der Waals surface area contributed by atoms with Crippen molar-refractivity contribution in [2.75, 3.05) is 36.4 Å². The minimum Gasteiger partial charge on any atom is -0.481 e. The maximum absolute atomic E-state index is 13.5. The first-order valence-corrected chi connectivity index (χ1v) is 14.3. The third kappa shape index (κ3) is 7.69. The van der Waals surface area contributed by atoms with E-state index in [1.807, 2.05) is 11.0 Å². The summed E-state index contributed by atoms with van der Waals surface area (Å²) in [6.07, 6.45) is -0.435. The van der Waals surface area contributed by atoms with Gasteiger partial charge < -0.3 is 25.5 Å². The molecule has 230 valence electrons. The summed E-state index contributed by atoms with van der Waals surface area (Å²) in [4.78, 5) is 54.8. The number of halogens is 2. The van der Waals surface area contributed by atoms with Gasteiger partial charge in [0.15, 0.2) is 0 Å². The van der Waals surface area contributed by atoms with Crippen LogP contribution in [0.2, 0.25) is 0 Å². The van der Waals surface area contributed by atoms with Crippen molar-refractivity contribution >= 4 is 35.1 Å². The van der Waals surface area contributed by atoms with Crippen LogP contribution < -0.4 is 15.5 Å². The molecule has 1 heterocycles. The van der Waals surface area contributed by atoms with Crippen molar-refractivity contribution in [1.82, 2.24) is 10.2 Å². The fraction of sp³-hybridized carbons (Fsp3) is 0.176. The number of anilines is 2. The number of aliphatic carboxylic acids is 1. The number of carbonyl (C=O) groups is 4. The number of benzene rings is 4. The molecule has 1 atom stereocenters. The van der Waals surface area contributed by atoms with E-state index in [0.29, 0.717) is 48.7 Å². The van der Waals surface area contributed by atoms with Gasteiger partial charge in [0.25, 0.3) is 17.7 Å². The van der Waals surface area contributed by atoms with Crippen LogP contribution in [0.5, 0.6) is 0 Å². The quantitative estimate of drug-likeness (QED) is 0.241. The molecule has 1 saturated heterocycles. The molecule has 0 radical (unpaired) electrons. The minimum absolute atomic E-state index is 0.0795. The lowest BCUT2D eigenvalue weighted by Gasteiger charge is -2.37. The van der Waals surface area contributed by atoms with E-state index < -0.39 is 41.9 Å². The Hall–Kier alpha value is -5.58. The molecule has 1 aliphatic rings. The Morgan fingerprint density at radius 2 is 1.31 bits per heavy atom. The molecule has 1 fully saturated rings. The summed E-state index contributed by atoms with van der Waals surface area (Å²) in [7, 11) is 0. The Morgan fingerprint density at radius 1 is 0.711 bits per heavy atom. The number of carboxylic acids is 1. The van der Waals surface area contributed by atoms with Crippen molar-refractivity contribution in [2.24, 2.45) is 0 Å². The van der Waals surface area contributed by atoms with E-state index in [1.54, 1.807) is 41.3 Å². The number of nitrogens with zero attached hydrogens (tertiary/aromatic N) is 2. The van der Waals surface area contributed by atoms with Gasteiger partial charge in [0.05, 0.1) is 23.8 Å². The van der Waals surface area contributed by atoms with Crippen molar-refractivity contribution in [3.8, 4) is 0 Å². The predicted molar refractivity (Wildman–Crippen MR) is 164 cm³/mol. The van der Waals surface area contributed by atoms with Crippen LogP contribution in [0.3, 0.4) is 0 Å². The molecular formula is C34H30F2N4O5. The molecule has 4 aromatic rings. The zero-order valence-electron chi connectivity index (χ0n) is 24.1. The van der Waals surface area contributed by atoms with E-state index >= 15 is 0 Å². The maximum Gasteiger partial charge on any atom is 0.305 e. The van der Waals surface area contributed by atoms with E-state index in [2.05, 4.69) is 10.6 Å². The van der Waals surface area contributed by atoms with E-state index in [4.69, 9.17) is 0 Å². The SMILES string of the molecule is O=C(O)CC(NC(=O)c1ccc(N2CCN(C(=O)c3ccccc3)CC2)c(NC(=O)c2ccc(F)cc2)c1)c1ccc(F)cc1. The third-order valence-electron chi connectivity index (χ3n) is 7.50. The highest BCUT2D eigenvalue weighted by Crippen LogP contribution is 2.30. The second-order valence-electron chi connectivity index (χ2n) is 10.5. The molecule has 4 aromatic carbocycles. The first-order valence-electron chi connectivity index (χ1n) is 14.3. The number of rotatable bonds is 9. The molecule has 45 heavy (non-hydrogen) atoms. The van der Waals surface area contributed by atoms with Crippen molar-refractivity contribution in [3.63, 3.8) is 0 Å². The number of hydrogen-bond donors (Lipinski definition) is 3. The Kier molecular flexibility index (Phi) is 9.47. The van der Waals surface area contributed by atoms with Gasteiger partial charge in [-0.25, -0.2) is 8.78 Å². The fourth-order valence-electron chi connectivity index (χ4n) is 5.13. The van der Waals surface area contributed by atoms with Crippen molar-refractivity contribution < 1.29 is 33.1 Å². The number of nitrogens with one attached hydrogen (secondary N) is 2. The lowest BCUT2D eigenvalue weighted by atomic mass is 10.0. The van der Waals surface area contributed by atoms with Gasteiger partial charge >= 0.3 is 5.97 Å². The molecule has 3 N–H and O–H groups in total. The first-order chi connectivity index (χ1) is 21.7. The smallest absolute Gasteiger partial charge is 0.305 e. The molecule has 11 heteroatoms. The molecule has 0 spiro atoms. The number of piperazine rings is 1. The fourth-order valence-corrected chi connectivity index (χ4v) is 5.13. The summed E-state index contributed by atoms with van der Waals surface area (Å²) in [6, 6.07) is 22.9. The summed E-state index contributed by atoms with van der Waals surface area (Å²) in [5, 5.41) is 14.9. The number of carbonyl (C=O) groups excluding carboxylic acids is 3. The van der Waals surface area contributed by atoms with Gasteiger partial charge in [0, 0.05) is 42.9 Å². The second-order valence-corrected chi connectivity index (χ2v) is 10.5. The van der Waals surface area contributed by atoms with Crippen molar-refractivity contribution in [2.45, 2.75) is 12.5 Å². The molecule has 1 aliphatic heterocycles. The number of hydrogen-bond acceptors (Lipinski definition) is 5. The lowest BCUT2D eigenvalue weighted by Crippen LogP contribution is -2.49. The predicted octanol–water partition coefficient (Wildman–Crippen LogP) is 5.13. The average molecular weight is 613 g/mol. The summed E-state index contributed by atoms with van der Waals surface area (Å²) >= 11 is 0. The van der Waals surface area contributed by atoms with Gasteiger partial charge in [-0.3, -0.25) is 19.2 Å². The first kappa shape index (κ1) is 30.9. The van der Waals surface area contributed by atoms with Gasteiger partial charge in [-0.1, -0.05) is 30.3 Å². The van der Waals surface area contributed by atoms with Crippen molar-refractivity contribution in [3.05, 3.63) is 131 Å². The highest BCUT2D eigenvalue weighted by Gasteiger charge is 2.26. The standard InChI is InChI=1S/C34H30F2N4O5/c35-26-11-6-22(7-12-26)28(21-31(41)42)37-33(44)25-10-15-30(29(20-25)38-32(43)23-8-13-27(36)14-9-23)39-16-18-40(19-17-39)34(45)24-4-2-1-3-5-24/h1-15,20,28H,16-19,21H2,(H,37,44)(H,38,43)(H,41,42). The Bertz CT molecular complexity index is 1690. The van der Waals surface area contributed by atoms with E-state index in [9.17, 15) is 33.1 Å². The van der Waals surface area contributed by atoms with E-state index in [0.717, 1.165) is 0 Å². The second kappa shape index (κ2) is 13.8. The largest absolute Gasteiger partial charge is 0.481 e.